The van der Waals surface area contributed by atoms with Crippen LogP contribution in [0.15, 0.2) is 36.5 Å². The molecule has 0 aliphatic heterocycles. The van der Waals surface area contributed by atoms with Crippen molar-refractivity contribution in [3.63, 3.8) is 0 Å². The average Bonchev–Trinajstić information content (AvgIpc) is 2.75. The summed E-state index contributed by atoms with van der Waals surface area (Å²) >= 11 is 0. The molecule has 5 nitrogen and oxygen atoms in total. The van der Waals surface area contributed by atoms with E-state index < -0.39 is 5.97 Å². The van der Waals surface area contributed by atoms with Crippen molar-refractivity contribution in [1.82, 2.24) is 4.98 Å². The van der Waals surface area contributed by atoms with Gasteiger partial charge in [0.05, 0.1) is 0 Å². The van der Waals surface area contributed by atoms with Gasteiger partial charge >= 0.3 is 5.97 Å². The van der Waals surface area contributed by atoms with Crippen LogP contribution in [0.4, 0.5) is 0 Å². The van der Waals surface area contributed by atoms with Gasteiger partial charge < -0.3 is 19.9 Å². The van der Waals surface area contributed by atoms with Crippen molar-refractivity contribution in [1.29, 1.82) is 0 Å². The van der Waals surface area contributed by atoms with Crippen LogP contribution in [0.2, 0.25) is 0 Å². The number of nitrogens with one attached hydrogen (secondary N) is 1. The van der Waals surface area contributed by atoms with Crippen molar-refractivity contribution in [2.24, 2.45) is 0 Å². The maximum absolute atomic E-state index is 10.6. The van der Waals surface area contributed by atoms with E-state index in [2.05, 4.69) is 4.98 Å². The molecule has 2 aromatic rings. The number of carboxylic acids is 1. The molecular formula is C12H11NO4. The van der Waals surface area contributed by atoms with Crippen molar-refractivity contribution >= 4 is 5.97 Å². The summed E-state index contributed by atoms with van der Waals surface area (Å²) in [6.07, 6.45) is 1.58. The van der Waals surface area contributed by atoms with E-state index in [4.69, 9.17) is 9.84 Å². The molecule has 1 aromatic carbocycles. The Morgan fingerprint density at radius 3 is 2.82 bits per heavy atom. The maximum Gasteiger partial charge on any atom is 0.352 e. The molecule has 5 heteroatoms. The van der Waals surface area contributed by atoms with Gasteiger partial charge in [-0.05, 0) is 18.2 Å². The van der Waals surface area contributed by atoms with Crippen molar-refractivity contribution in [2.75, 3.05) is 0 Å². The summed E-state index contributed by atoms with van der Waals surface area (Å²) < 4.78 is 5.39. The number of H-pyrrole nitrogens is 1. The fraction of sp³-hybridized carbons (Fsp3) is 0.0833. The van der Waals surface area contributed by atoms with E-state index in [9.17, 15) is 9.90 Å². The molecule has 1 heterocycles. The Hall–Kier alpha value is -2.43. The standard InChI is InChI=1S/C12H11NO4/c14-9-2-1-3-10(5-9)17-7-8-4-11(12(15)16)13-6-8/h1-6,13-14H,7H2,(H,15,16). The summed E-state index contributed by atoms with van der Waals surface area (Å²) in [5, 5.41) is 17.9. The molecular weight excluding hydrogens is 222 g/mol. The lowest BCUT2D eigenvalue weighted by atomic mass is 10.3. The van der Waals surface area contributed by atoms with Gasteiger partial charge in [-0.25, -0.2) is 4.79 Å². The molecule has 17 heavy (non-hydrogen) atoms. The van der Waals surface area contributed by atoms with Gasteiger partial charge in [-0.15, -0.1) is 0 Å². The number of aromatic hydroxyl groups is 1. The zero-order chi connectivity index (χ0) is 12.3. The number of hydrogen-bond acceptors (Lipinski definition) is 3. The summed E-state index contributed by atoms with van der Waals surface area (Å²) in [6, 6.07) is 7.93. The molecule has 0 amide bonds. The Morgan fingerprint density at radius 2 is 2.18 bits per heavy atom. The van der Waals surface area contributed by atoms with E-state index in [-0.39, 0.29) is 18.1 Å². The number of hydrogen-bond donors (Lipinski definition) is 3. The summed E-state index contributed by atoms with van der Waals surface area (Å²) in [6.45, 7) is 0.243. The summed E-state index contributed by atoms with van der Waals surface area (Å²) in [4.78, 5) is 13.3. The number of aromatic carboxylic acids is 1. The molecule has 0 radical (unpaired) electrons. The van der Waals surface area contributed by atoms with Gasteiger partial charge in [-0.1, -0.05) is 6.07 Å². The predicted molar refractivity (Wildman–Crippen MR) is 60.2 cm³/mol. The molecule has 0 saturated carbocycles. The first kappa shape index (κ1) is 11.1. The highest BCUT2D eigenvalue weighted by Crippen LogP contribution is 2.19. The lowest BCUT2D eigenvalue weighted by molar-refractivity contribution is 0.0691. The SMILES string of the molecule is O=C(O)c1cc(COc2cccc(O)c2)c[nH]1. The monoisotopic (exact) mass is 233 g/mol. The van der Waals surface area contributed by atoms with E-state index in [1.54, 1.807) is 24.4 Å². The number of phenolic OH excluding ortho intramolecular Hbond substituents is 1. The van der Waals surface area contributed by atoms with E-state index in [0.29, 0.717) is 5.75 Å². The van der Waals surface area contributed by atoms with Crippen LogP contribution in [0.5, 0.6) is 11.5 Å². The molecule has 0 bridgehead atoms. The second-order valence-corrected chi connectivity index (χ2v) is 3.51. The third kappa shape index (κ3) is 2.78. The van der Waals surface area contributed by atoms with Crippen LogP contribution >= 0.6 is 0 Å². The van der Waals surface area contributed by atoms with Crippen molar-refractivity contribution < 1.29 is 19.7 Å². The molecule has 3 N–H and O–H groups in total. The number of carbonyl (C=O) groups is 1. The van der Waals surface area contributed by atoms with Crippen molar-refractivity contribution in [3.05, 3.63) is 47.8 Å². The molecule has 0 saturated heterocycles. The predicted octanol–water partition coefficient (Wildman–Crippen LogP) is 2.00. The fourth-order valence-electron chi connectivity index (χ4n) is 1.39. The molecule has 88 valence electrons. The van der Waals surface area contributed by atoms with Crippen LogP contribution < -0.4 is 4.74 Å². The Labute approximate surface area is 97.3 Å². The molecule has 2 rings (SSSR count). The van der Waals surface area contributed by atoms with E-state index in [1.165, 1.54) is 12.1 Å². The number of phenols is 1. The highest BCUT2D eigenvalue weighted by molar-refractivity contribution is 5.85. The molecule has 0 spiro atoms. The zero-order valence-corrected chi connectivity index (χ0v) is 8.88. The van der Waals surface area contributed by atoms with Gasteiger partial charge in [-0.2, -0.15) is 0 Å². The van der Waals surface area contributed by atoms with Crippen LogP contribution in [-0.2, 0) is 6.61 Å². The smallest absolute Gasteiger partial charge is 0.352 e. The van der Waals surface area contributed by atoms with Gasteiger partial charge in [0.25, 0.3) is 0 Å². The molecule has 0 fully saturated rings. The molecule has 0 aliphatic carbocycles. The highest BCUT2D eigenvalue weighted by Gasteiger charge is 2.06. The Bertz CT molecular complexity index is 533. The second-order valence-electron chi connectivity index (χ2n) is 3.51. The number of aromatic amines is 1. The Balaban J connectivity index is 2.00. The molecule has 0 aliphatic rings. The lowest BCUT2D eigenvalue weighted by Gasteiger charge is -2.04. The summed E-state index contributed by atoms with van der Waals surface area (Å²) in [7, 11) is 0. The van der Waals surface area contributed by atoms with Gasteiger partial charge in [0.2, 0.25) is 0 Å². The zero-order valence-electron chi connectivity index (χ0n) is 8.88. The third-order valence-corrected chi connectivity index (χ3v) is 2.20. The molecule has 0 atom stereocenters. The van der Waals surface area contributed by atoms with E-state index in [1.807, 2.05) is 0 Å². The Morgan fingerprint density at radius 1 is 1.35 bits per heavy atom. The van der Waals surface area contributed by atoms with Crippen LogP contribution in [0, 0.1) is 0 Å². The van der Waals surface area contributed by atoms with Crippen LogP contribution in [0.1, 0.15) is 16.1 Å². The first-order valence-corrected chi connectivity index (χ1v) is 4.97. The van der Waals surface area contributed by atoms with Gasteiger partial charge in [0.1, 0.15) is 23.8 Å². The quantitative estimate of drug-likeness (QED) is 0.754. The molecule has 0 unspecified atom stereocenters. The first-order valence-electron chi connectivity index (χ1n) is 4.97. The third-order valence-electron chi connectivity index (χ3n) is 2.20. The van der Waals surface area contributed by atoms with Crippen LogP contribution in [-0.4, -0.2) is 21.2 Å². The van der Waals surface area contributed by atoms with Crippen LogP contribution in [0.3, 0.4) is 0 Å². The minimum absolute atomic E-state index is 0.125. The lowest BCUT2D eigenvalue weighted by Crippen LogP contribution is -1.95. The van der Waals surface area contributed by atoms with Gasteiger partial charge in [-0.3, -0.25) is 0 Å². The maximum atomic E-state index is 10.6. The molecule has 1 aromatic heterocycles. The van der Waals surface area contributed by atoms with Crippen molar-refractivity contribution in [3.8, 4) is 11.5 Å². The van der Waals surface area contributed by atoms with Gasteiger partial charge in [0.15, 0.2) is 0 Å². The summed E-state index contributed by atoms with van der Waals surface area (Å²) in [5.41, 5.74) is 0.852. The van der Waals surface area contributed by atoms with E-state index in [0.717, 1.165) is 5.56 Å². The topological polar surface area (TPSA) is 82.6 Å². The van der Waals surface area contributed by atoms with E-state index >= 15 is 0 Å². The Kier molecular flexibility index (Phi) is 3.00. The average molecular weight is 233 g/mol. The number of carboxylic acid groups (broad SMARTS) is 1. The number of benzene rings is 1. The minimum Gasteiger partial charge on any atom is -0.508 e. The van der Waals surface area contributed by atoms with Gasteiger partial charge in [0, 0.05) is 17.8 Å². The number of aromatic nitrogens is 1. The van der Waals surface area contributed by atoms with Crippen molar-refractivity contribution in [2.45, 2.75) is 6.61 Å². The van der Waals surface area contributed by atoms with Crippen LogP contribution in [0.25, 0.3) is 0 Å². The minimum atomic E-state index is -1.01. The summed E-state index contributed by atoms with van der Waals surface area (Å²) in [5.74, 6) is -0.348. The fourth-order valence-corrected chi connectivity index (χ4v) is 1.39. The second kappa shape index (κ2) is 4.61. The normalized spacial score (nSPS) is 10.1. The number of rotatable bonds is 4. The first-order chi connectivity index (χ1) is 8.15. The highest BCUT2D eigenvalue weighted by atomic mass is 16.5. The number of ether oxygens (including phenoxy) is 1. The largest absolute Gasteiger partial charge is 0.508 e.